The summed E-state index contributed by atoms with van der Waals surface area (Å²) in [6, 6.07) is 9.16. The lowest BCUT2D eigenvalue weighted by atomic mass is 10.2. The molecule has 0 amide bonds. The fourth-order valence-corrected chi connectivity index (χ4v) is 3.33. The molecule has 0 aliphatic heterocycles. The minimum absolute atomic E-state index is 0.0635. The summed E-state index contributed by atoms with van der Waals surface area (Å²) >= 11 is 5.96. The average molecular weight is 324 g/mol. The molecule has 0 saturated heterocycles. The predicted molar refractivity (Wildman–Crippen MR) is 77.8 cm³/mol. The van der Waals surface area contributed by atoms with Crippen LogP contribution in [0.1, 0.15) is 5.56 Å². The van der Waals surface area contributed by atoms with Crippen LogP contribution in [0.25, 0.3) is 6.08 Å². The molecule has 21 heavy (non-hydrogen) atoms. The Bertz CT molecular complexity index is 801. The second-order valence-electron chi connectivity index (χ2n) is 4.04. The van der Waals surface area contributed by atoms with Crippen LogP contribution in [0.2, 0.25) is 5.02 Å². The molecule has 2 rings (SSSR count). The number of pyridine rings is 1. The first-order chi connectivity index (χ1) is 9.91. The zero-order chi connectivity index (χ0) is 15.5. The van der Waals surface area contributed by atoms with E-state index >= 15 is 0 Å². The Kier molecular flexibility index (Phi) is 4.40. The maximum absolute atomic E-state index is 12.4. The molecule has 0 saturated carbocycles. The highest BCUT2D eigenvalue weighted by molar-refractivity contribution is 7.91. The van der Waals surface area contributed by atoms with Crippen molar-refractivity contribution < 1.29 is 18.3 Å². The number of benzene rings is 1. The Morgan fingerprint density at radius 3 is 2.48 bits per heavy atom. The van der Waals surface area contributed by atoms with Gasteiger partial charge < -0.3 is 5.11 Å². The standard InChI is InChI=1S/C14H10ClNO4S/c15-12-8-10(6-7-13(17)18)9-16-14(12)21(19,20)11-4-2-1-3-5-11/h1-9H,(H,17,18)/b7-6+. The molecule has 0 unspecified atom stereocenters. The average Bonchev–Trinajstić information content (AvgIpc) is 2.46. The van der Waals surface area contributed by atoms with Gasteiger partial charge in [0.25, 0.3) is 0 Å². The Labute approximate surface area is 126 Å². The number of carbonyl (C=O) groups is 1. The molecule has 0 radical (unpaired) electrons. The van der Waals surface area contributed by atoms with Crippen molar-refractivity contribution in [3.05, 3.63) is 59.3 Å². The number of carboxylic acids is 1. The summed E-state index contributed by atoms with van der Waals surface area (Å²) in [5.41, 5.74) is 0.398. The summed E-state index contributed by atoms with van der Waals surface area (Å²) in [6.07, 6.45) is 3.44. The van der Waals surface area contributed by atoms with Crippen LogP contribution in [0.4, 0.5) is 0 Å². The first-order valence-corrected chi connectivity index (χ1v) is 7.64. The van der Waals surface area contributed by atoms with Crippen LogP contribution < -0.4 is 0 Å². The van der Waals surface area contributed by atoms with Crippen LogP contribution in [-0.2, 0) is 14.6 Å². The molecule has 0 spiro atoms. The van der Waals surface area contributed by atoms with Gasteiger partial charge in [-0.05, 0) is 29.8 Å². The van der Waals surface area contributed by atoms with Crippen LogP contribution in [0.3, 0.4) is 0 Å². The third-order valence-corrected chi connectivity index (χ3v) is 4.68. The SMILES string of the molecule is O=C(O)/C=C/c1cnc(S(=O)(=O)c2ccccc2)c(Cl)c1. The van der Waals surface area contributed by atoms with E-state index in [0.29, 0.717) is 5.56 Å². The normalized spacial score (nSPS) is 11.7. The Morgan fingerprint density at radius 1 is 1.24 bits per heavy atom. The van der Waals surface area contributed by atoms with Crippen LogP contribution in [-0.4, -0.2) is 24.5 Å². The maximum atomic E-state index is 12.4. The van der Waals surface area contributed by atoms with Crippen molar-refractivity contribution in [2.45, 2.75) is 9.92 Å². The van der Waals surface area contributed by atoms with E-state index in [0.717, 1.165) is 6.08 Å². The largest absolute Gasteiger partial charge is 0.478 e. The van der Waals surface area contributed by atoms with E-state index in [1.807, 2.05) is 0 Å². The van der Waals surface area contributed by atoms with Gasteiger partial charge in [-0.15, -0.1) is 0 Å². The van der Waals surface area contributed by atoms with E-state index in [1.54, 1.807) is 18.2 Å². The molecule has 7 heteroatoms. The number of hydrogen-bond donors (Lipinski definition) is 1. The Morgan fingerprint density at radius 2 is 1.90 bits per heavy atom. The lowest BCUT2D eigenvalue weighted by Gasteiger charge is -2.06. The summed E-state index contributed by atoms with van der Waals surface area (Å²) < 4.78 is 24.7. The zero-order valence-electron chi connectivity index (χ0n) is 10.6. The molecule has 1 aromatic carbocycles. The number of nitrogens with zero attached hydrogens (tertiary/aromatic N) is 1. The highest BCUT2D eigenvalue weighted by Gasteiger charge is 2.22. The molecule has 1 aromatic heterocycles. The van der Waals surface area contributed by atoms with Gasteiger partial charge in [0.15, 0.2) is 5.03 Å². The van der Waals surface area contributed by atoms with E-state index in [-0.39, 0.29) is 14.9 Å². The van der Waals surface area contributed by atoms with Crippen molar-refractivity contribution in [3.63, 3.8) is 0 Å². The van der Waals surface area contributed by atoms with Gasteiger partial charge in [0.2, 0.25) is 9.84 Å². The van der Waals surface area contributed by atoms with Crippen LogP contribution in [0.5, 0.6) is 0 Å². The number of carboxylic acid groups (broad SMARTS) is 1. The molecule has 0 bridgehead atoms. The van der Waals surface area contributed by atoms with E-state index in [1.165, 1.54) is 30.5 Å². The molecule has 1 N–H and O–H groups in total. The number of halogens is 1. The van der Waals surface area contributed by atoms with Gasteiger partial charge in [0.05, 0.1) is 9.92 Å². The maximum Gasteiger partial charge on any atom is 0.328 e. The van der Waals surface area contributed by atoms with Crippen molar-refractivity contribution in [1.82, 2.24) is 4.98 Å². The van der Waals surface area contributed by atoms with Gasteiger partial charge in [-0.2, -0.15) is 0 Å². The fraction of sp³-hybridized carbons (Fsp3) is 0. The van der Waals surface area contributed by atoms with Gasteiger partial charge in [-0.3, -0.25) is 0 Å². The highest BCUT2D eigenvalue weighted by Crippen LogP contribution is 2.26. The highest BCUT2D eigenvalue weighted by atomic mass is 35.5. The first kappa shape index (κ1) is 15.2. The Balaban J connectivity index is 2.44. The fourth-order valence-electron chi connectivity index (χ4n) is 1.61. The minimum atomic E-state index is -3.80. The van der Waals surface area contributed by atoms with Crippen LogP contribution in [0, 0.1) is 0 Å². The number of aliphatic carboxylic acids is 1. The topological polar surface area (TPSA) is 84.3 Å². The van der Waals surface area contributed by atoms with Gasteiger partial charge in [-0.1, -0.05) is 29.8 Å². The molecular formula is C14H10ClNO4S. The van der Waals surface area contributed by atoms with Gasteiger partial charge in [-0.25, -0.2) is 18.2 Å². The van der Waals surface area contributed by atoms with Crippen molar-refractivity contribution in [1.29, 1.82) is 0 Å². The summed E-state index contributed by atoms with van der Waals surface area (Å²) in [6.45, 7) is 0. The lowest BCUT2D eigenvalue weighted by molar-refractivity contribution is -0.131. The molecule has 0 aliphatic rings. The molecule has 108 valence electrons. The van der Waals surface area contributed by atoms with Gasteiger partial charge >= 0.3 is 5.97 Å². The molecule has 5 nitrogen and oxygen atoms in total. The van der Waals surface area contributed by atoms with Crippen LogP contribution in [0.15, 0.2) is 58.6 Å². The quantitative estimate of drug-likeness (QED) is 0.874. The third-order valence-electron chi connectivity index (χ3n) is 2.55. The summed E-state index contributed by atoms with van der Waals surface area (Å²) in [5.74, 6) is -1.12. The minimum Gasteiger partial charge on any atom is -0.478 e. The van der Waals surface area contributed by atoms with Crippen molar-refractivity contribution in [3.8, 4) is 0 Å². The second-order valence-corrected chi connectivity index (χ2v) is 6.32. The molecule has 1 heterocycles. The van der Waals surface area contributed by atoms with Crippen molar-refractivity contribution in [2.24, 2.45) is 0 Å². The molecule has 0 aliphatic carbocycles. The van der Waals surface area contributed by atoms with E-state index in [4.69, 9.17) is 16.7 Å². The number of rotatable bonds is 4. The summed E-state index contributed by atoms with van der Waals surface area (Å²) in [4.78, 5) is 14.4. The predicted octanol–water partition coefficient (Wildman–Crippen LogP) is 2.67. The van der Waals surface area contributed by atoms with Gasteiger partial charge in [0.1, 0.15) is 0 Å². The molecule has 2 aromatic rings. The smallest absolute Gasteiger partial charge is 0.328 e. The zero-order valence-corrected chi connectivity index (χ0v) is 12.2. The van der Waals surface area contributed by atoms with E-state index in [9.17, 15) is 13.2 Å². The number of sulfone groups is 1. The van der Waals surface area contributed by atoms with E-state index in [2.05, 4.69) is 4.98 Å². The summed E-state index contributed by atoms with van der Waals surface area (Å²) in [7, 11) is -3.80. The third kappa shape index (κ3) is 3.48. The lowest BCUT2D eigenvalue weighted by Crippen LogP contribution is -2.05. The molecule has 0 atom stereocenters. The number of hydrogen-bond acceptors (Lipinski definition) is 4. The van der Waals surface area contributed by atoms with Crippen molar-refractivity contribution >= 4 is 33.5 Å². The van der Waals surface area contributed by atoms with Crippen molar-refractivity contribution in [2.75, 3.05) is 0 Å². The van der Waals surface area contributed by atoms with E-state index < -0.39 is 15.8 Å². The monoisotopic (exact) mass is 323 g/mol. The Hall–Kier alpha value is -2.18. The summed E-state index contributed by atoms with van der Waals surface area (Å²) in [5, 5.41) is 8.22. The number of aromatic nitrogens is 1. The molecular weight excluding hydrogens is 314 g/mol. The second kappa shape index (κ2) is 6.07. The van der Waals surface area contributed by atoms with Crippen LogP contribution >= 0.6 is 11.6 Å². The van der Waals surface area contributed by atoms with Gasteiger partial charge in [0, 0.05) is 12.3 Å². The molecule has 0 fully saturated rings. The first-order valence-electron chi connectivity index (χ1n) is 5.78.